The molecule has 3 heteroatoms. The van der Waals surface area contributed by atoms with Crippen molar-refractivity contribution in [2.75, 3.05) is 6.61 Å². The van der Waals surface area contributed by atoms with Crippen LogP contribution in [0.2, 0.25) is 0 Å². The van der Waals surface area contributed by atoms with Crippen LogP contribution >= 0.6 is 0 Å². The number of aryl methyl sites for hydroxylation is 1. The SMILES string of the molecule is Cc1ccc(C(CC(C)CO)C(=O)O)cc1. The first-order chi connectivity index (χ1) is 7.54. The highest BCUT2D eigenvalue weighted by Gasteiger charge is 2.21. The Morgan fingerprint density at radius 1 is 1.31 bits per heavy atom. The lowest BCUT2D eigenvalue weighted by Crippen LogP contribution is -2.16. The van der Waals surface area contributed by atoms with Gasteiger partial charge in [0, 0.05) is 6.61 Å². The van der Waals surface area contributed by atoms with Gasteiger partial charge in [0.15, 0.2) is 0 Å². The quantitative estimate of drug-likeness (QED) is 0.802. The molecule has 0 saturated heterocycles. The monoisotopic (exact) mass is 222 g/mol. The van der Waals surface area contributed by atoms with E-state index in [9.17, 15) is 4.79 Å². The lowest BCUT2D eigenvalue weighted by molar-refractivity contribution is -0.139. The van der Waals surface area contributed by atoms with Crippen LogP contribution in [0.3, 0.4) is 0 Å². The van der Waals surface area contributed by atoms with Crippen LogP contribution < -0.4 is 0 Å². The van der Waals surface area contributed by atoms with E-state index in [2.05, 4.69) is 0 Å². The largest absolute Gasteiger partial charge is 0.481 e. The van der Waals surface area contributed by atoms with Crippen molar-refractivity contribution in [1.82, 2.24) is 0 Å². The van der Waals surface area contributed by atoms with Crippen molar-refractivity contribution in [3.8, 4) is 0 Å². The van der Waals surface area contributed by atoms with E-state index in [0.717, 1.165) is 11.1 Å². The molecule has 2 N–H and O–H groups in total. The average Bonchev–Trinajstić information content (AvgIpc) is 2.26. The molecule has 0 aliphatic heterocycles. The Morgan fingerprint density at radius 2 is 1.88 bits per heavy atom. The summed E-state index contributed by atoms with van der Waals surface area (Å²) in [5.74, 6) is -1.35. The van der Waals surface area contributed by atoms with Gasteiger partial charge in [-0.1, -0.05) is 36.8 Å². The summed E-state index contributed by atoms with van der Waals surface area (Å²) in [4.78, 5) is 11.2. The predicted octanol–water partition coefficient (Wildman–Crippen LogP) is 2.18. The summed E-state index contributed by atoms with van der Waals surface area (Å²) < 4.78 is 0. The fourth-order valence-electron chi connectivity index (χ4n) is 1.66. The molecule has 3 nitrogen and oxygen atoms in total. The van der Waals surface area contributed by atoms with Gasteiger partial charge < -0.3 is 10.2 Å². The van der Waals surface area contributed by atoms with E-state index in [1.807, 2.05) is 38.1 Å². The van der Waals surface area contributed by atoms with Gasteiger partial charge in [0.05, 0.1) is 5.92 Å². The normalized spacial score (nSPS) is 14.4. The number of rotatable bonds is 5. The molecular weight excluding hydrogens is 204 g/mol. The molecule has 0 fully saturated rings. The molecule has 1 aromatic carbocycles. The molecule has 0 amide bonds. The summed E-state index contributed by atoms with van der Waals surface area (Å²) in [5, 5.41) is 18.1. The lowest BCUT2D eigenvalue weighted by Gasteiger charge is -2.16. The summed E-state index contributed by atoms with van der Waals surface area (Å²) >= 11 is 0. The van der Waals surface area contributed by atoms with E-state index in [4.69, 9.17) is 10.2 Å². The van der Waals surface area contributed by atoms with Crippen LogP contribution in [0.25, 0.3) is 0 Å². The van der Waals surface area contributed by atoms with E-state index >= 15 is 0 Å². The number of hydrogen-bond donors (Lipinski definition) is 2. The fourth-order valence-corrected chi connectivity index (χ4v) is 1.66. The third-order valence-electron chi connectivity index (χ3n) is 2.73. The molecule has 1 rings (SSSR count). The first-order valence-electron chi connectivity index (χ1n) is 5.44. The van der Waals surface area contributed by atoms with Crippen molar-refractivity contribution < 1.29 is 15.0 Å². The van der Waals surface area contributed by atoms with Crippen molar-refractivity contribution in [1.29, 1.82) is 0 Å². The molecule has 2 atom stereocenters. The van der Waals surface area contributed by atoms with Gasteiger partial charge in [-0.3, -0.25) is 4.79 Å². The van der Waals surface area contributed by atoms with Gasteiger partial charge >= 0.3 is 5.97 Å². The molecule has 0 aromatic heterocycles. The first-order valence-corrected chi connectivity index (χ1v) is 5.44. The zero-order valence-corrected chi connectivity index (χ0v) is 9.68. The van der Waals surface area contributed by atoms with Gasteiger partial charge in [0.2, 0.25) is 0 Å². The summed E-state index contributed by atoms with van der Waals surface area (Å²) in [6.45, 7) is 3.84. The Bertz CT molecular complexity index is 343. The lowest BCUT2D eigenvalue weighted by atomic mass is 9.89. The van der Waals surface area contributed by atoms with Crippen molar-refractivity contribution in [3.63, 3.8) is 0 Å². The molecule has 2 unspecified atom stereocenters. The summed E-state index contributed by atoms with van der Waals surface area (Å²) in [5.41, 5.74) is 1.92. The molecule has 1 aromatic rings. The van der Waals surface area contributed by atoms with Crippen LogP contribution in [0.1, 0.15) is 30.4 Å². The molecule has 0 radical (unpaired) electrons. The number of benzene rings is 1. The number of aliphatic hydroxyl groups excluding tert-OH is 1. The molecule has 88 valence electrons. The van der Waals surface area contributed by atoms with Gasteiger partial charge in [0.25, 0.3) is 0 Å². The maximum atomic E-state index is 11.2. The summed E-state index contributed by atoms with van der Waals surface area (Å²) in [7, 11) is 0. The number of carboxylic acids is 1. The number of aliphatic hydroxyl groups is 1. The van der Waals surface area contributed by atoms with E-state index in [1.165, 1.54) is 0 Å². The zero-order valence-electron chi connectivity index (χ0n) is 9.68. The maximum Gasteiger partial charge on any atom is 0.310 e. The first kappa shape index (κ1) is 12.7. The van der Waals surface area contributed by atoms with Crippen molar-refractivity contribution in [2.45, 2.75) is 26.2 Å². The van der Waals surface area contributed by atoms with Crippen LogP contribution in [0.5, 0.6) is 0 Å². The highest BCUT2D eigenvalue weighted by molar-refractivity contribution is 5.76. The highest BCUT2D eigenvalue weighted by Crippen LogP contribution is 2.24. The van der Waals surface area contributed by atoms with Crippen molar-refractivity contribution in [3.05, 3.63) is 35.4 Å². The molecule has 0 aliphatic carbocycles. The van der Waals surface area contributed by atoms with E-state index in [-0.39, 0.29) is 12.5 Å². The molecule has 0 heterocycles. The Labute approximate surface area is 95.7 Å². The second-order valence-electron chi connectivity index (χ2n) is 4.32. The maximum absolute atomic E-state index is 11.2. The molecule has 0 spiro atoms. The molecular formula is C13H18O3. The van der Waals surface area contributed by atoms with Crippen molar-refractivity contribution >= 4 is 5.97 Å². The van der Waals surface area contributed by atoms with Crippen molar-refractivity contribution in [2.24, 2.45) is 5.92 Å². The second-order valence-corrected chi connectivity index (χ2v) is 4.32. The van der Waals surface area contributed by atoms with Gasteiger partial charge in [-0.15, -0.1) is 0 Å². The fraction of sp³-hybridized carbons (Fsp3) is 0.462. The van der Waals surface area contributed by atoms with Crippen LogP contribution in [0, 0.1) is 12.8 Å². The summed E-state index contributed by atoms with van der Waals surface area (Å²) in [6.07, 6.45) is 0.467. The number of aliphatic carboxylic acids is 1. The Morgan fingerprint density at radius 3 is 2.31 bits per heavy atom. The van der Waals surface area contributed by atoms with Gasteiger partial charge in [-0.05, 0) is 24.8 Å². The van der Waals surface area contributed by atoms with Crippen LogP contribution in [0.4, 0.5) is 0 Å². The number of carboxylic acid groups (broad SMARTS) is 1. The van der Waals surface area contributed by atoms with Crippen LogP contribution in [-0.4, -0.2) is 22.8 Å². The Kier molecular flexibility index (Phi) is 4.50. The second kappa shape index (κ2) is 5.66. The number of carbonyl (C=O) groups is 1. The predicted molar refractivity (Wildman–Crippen MR) is 62.4 cm³/mol. The minimum Gasteiger partial charge on any atom is -0.481 e. The van der Waals surface area contributed by atoms with E-state index < -0.39 is 11.9 Å². The van der Waals surface area contributed by atoms with Gasteiger partial charge in [-0.2, -0.15) is 0 Å². The van der Waals surface area contributed by atoms with Gasteiger partial charge in [-0.25, -0.2) is 0 Å². The van der Waals surface area contributed by atoms with E-state index in [0.29, 0.717) is 6.42 Å². The topological polar surface area (TPSA) is 57.5 Å². The third-order valence-corrected chi connectivity index (χ3v) is 2.73. The molecule has 0 aliphatic rings. The highest BCUT2D eigenvalue weighted by atomic mass is 16.4. The molecule has 0 saturated carbocycles. The minimum atomic E-state index is -0.829. The summed E-state index contributed by atoms with van der Waals surface area (Å²) in [6, 6.07) is 7.51. The van der Waals surface area contributed by atoms with E-state index in [1.54, 1.807) is 0 Å². The number of hydrogen-bond acceptors (Lipinski definition) is 2. The minimum absolute atomic E-state index is 0.00223. The molecule has 0 bridgehead atoms. The molecule has 16 heavy (non-hydrogen) atoms. The Hall–Kier alpha value is -1.35. The zero-order chi connectivity index (χ0) is 12.1. The standard InChI is InChI=1S/C13H18O3/c1-9-3-5-11(6-4-9)12(13(15)16)7-10(2)8-14/h3-6,10,12,14H,7-8H2,1-2H3,(H,15,16). The smallest absolute Gasteiger partial charge is 0.310 e. The van der Waals surface area contributed by atoms with Crippen LogP contribution in [-0.2, 0) is 4.79 Å². The van der Waals surface area contributed by atoms with Gasteiger partial charge in [0.1, 0.15) is 0 Å². The third kappa shape index (κ3) is 3.35. The Balaban J connectivity index is 2.85. The van der Waals surface area contributed by atoms with Crippen LogP contribution in [0.15, 0.2) is 24.3 Å². The average molecular weight is 222 g/mol.